The lowest BCUT2D eigenvalue weighted by molar-refractivity contribution is -0.147. The molecule has 0 aromatic heterocycles. The molecule has 0 heterocycles. The molecule has 2 amide bonds. The lowest BCUT2D eigenvalue weighted by atomic mass is 10.1. The van der Waals surface area contributed by atoms with Gasteiger partial charge in [-0.1, -0.05) is 40.9 Å². The Morgan fingerprint density at radius 2 is 1.64 bits per heavy atom. The van der Waals surface area contributed by atoms with Crippen molar-refractivity contribution in [2.45, 2.75) is 26.7 Å². The average molecular weight is 423 g/mol. The Morgan fingerprint density at radius 3 is 2.32 bits per heavy atom. The van der Waals surface area contributed by atoms with Gasteiger partial charge in [0.2, 0.25) is 5.91 Å². The Labute approximate surface area is 173 Å². The zero-order valence-electron chi connectivity index (χ0n) is 15.5. The summed E-state index contributed by atoms with van der Waals surface area (Å²) in [4.78, 5) is 35.5. The normalized spacial score (nSPS) is 10.3. The van der Waals surface area contributed by atoms with Crippen molar-refractivity contribution in [1.82, 2.24) is 0 Å². The number of benzene rings is 2. The number of nitrogens with one attached hydrogen (secondary N) is 2. The molecule has 6 nitrogen and oxygen atoms in total. The van der Waals surface area contributed by atoms with Gasteiger partial charge >= 0.3 is 5.97 Å². The lowest BCUT2D eigenvalue weighted by Gasteiger charge is -2.10. The van der Waals surface area contributed by atoms with Gasteiger partial charge in [0, 0.05) is 17.8 Å². The van der Waals surface area contributed by atoms with Gasteiger partial charge in [-0.15, -0.1) is 0 Å². The predicted octanol–water partition coefficient (Wildman–Crippen LogP) is 4.51. The Morgan fingerprint density at radius 1 is 0.893 bits per heavy atom. The van der Waals surface area contributed by atoms with E-state index in [9.17, 15) is 14.4 Å². The quantitative estimate of drug-likeness (QED) is 0.642. The summed E-state index contributed by atoms with van der Waals surface area (Å²) in [6, 6.07) is 10.3. The Hall–Kier alpha value is -2.57. The monoisotopic (exact) mass is 422 g/mol. The minimum Gasteiger partial charge on any atom is -0.456 e. The second-order valence-electron chi connectivity index (χ2n) is 6.20. The first kappa shape index (κ1) is 21.7. The highest BCUT2D eigenvalue weighted by molar-refractivity contribution is 6.42. The van der Waals surface area contributed by atoms with E-state index in [-0.39, 0.29) is 18.7 Å². The van der Waals surface area contributed by atoms with E-state index in [0.29, 0.717) is 21.4 Å². The number of carbonyl (C=O) groups is 3. The van der Waals surface area contributed by atoms with Gasteiger partial charge in [-0.05, 0) is 43.7 Å². The smallest absolute Gasteiger partial charge is 0.306 e. The fourth-order valence-electron chi connectivity index (χ4n) is 2.37. The summed E-state index contributed by atoms with van der Waals surface area (Å²) in [5, 5.41) is 5.98. The number of esters is 1. The van der Waals surface area contributed by atoms with Gasteiger partial charge in [0.15, 0.2) is 6.61 Å². The van der Waals surface area contributed by atoms with E-state index in [1.165, 1.54) is 6.07 Å². The van der Waals surface area contributed by atoms with Crippen molar-refractivity contribution in [2.75, 3.05) is 17.2 Å². The Bertz CT molecular complexity index is 900. The molecule has 8 heteroatoms. The van der Waals surface area contributed by atoms with Gasteiger partial charge in [0.05, 0.1) is 16.5 Å². The number of amides is 2. The van der Waals surface area contributed by atoms with Crippen molar-refractivity contribution in [3.63, 3.8) is 0 Å². The molecule has 0 spiro atoms. The number of halogens is 2. The second kappa shape index (κ2) is 10.1. The van der Waals surface area contributed by atoms with Crippen LogP contribution < -0.4 is 10.6 Å². The van der Waals surface area contributed by atoms with E-state index >= 15 is 0 Å². The molecule has 28 heavy (non-hydrogen) atoms. The van der Waals surface area contributed by atoms with Crippen LogP contribution in [0.15, 0.2) is 36.4 Å². The summed E-state index contributed by atoms with van der Waals surface area (Å²) in [6.45, 7) is 3.42. The van der Waals surface area contributed by atoms with Crippen LogP contribution in [0.4, 0.5) is 11.4 Å². The Balaban J connectivity index is 1.72. The minimum absolute atomic E-state index is 0.0855. The molecule has 0 radical (unpaired) electrons. The lowest BCUT2D eigenvalue weighted by Crippen LogP contribution is -2.22. The van der Waals surface area contributed by atoms with Gasteiger partial charge in [-0.3, -0.25) is 14.4 Å². The molecular formula is C20H20Cl2N2O4. The van der Waals surface area contributed by atoms with Crippen molar-refractivity contribution < 1.29 is 19.1 Å². The molecule has 2 aromatic carbocycles. The molecular weight excluding hydrogens is 403 g/mol. The maximum atomic E-state index is 11.9. The largest absolute Gasteiger partial charge is 0.456 e. The zero-order valence-corrected chi connectivity index (χ0v) is 17.0. The number of rotatable bonds is 7. The van der Waals surface area contributed by atoms with E-state index in [4.69, 9.17) is 27.9 Å². The molecule has 0 fully saturated rings. The first-order valence-electron chi connectivity index (χ1n) is 8.52. The second-order valence-corrected chi connectivity index (χ2v) is 7.02. The van der Waals surface area contributed by atoms with Gasteiger partial charge in [0.25, 0.3) is 5.91 Å². The van der Waals surface area contributed by atoms with Crippen molar-refractivity contribution in [3.8, 4) is 0 Å². The molecule has 2 rings (SSSR count). The first-order chi connectivity index (χ1) is 13.2. The zero-order chi connectivity index (χ0) is 20.7. The third-order valence-corrected chi connectivity index (χ3v) is 4.52. The number of ether oxygens (including phenoxy) is 1. The molecule has 0 bridgehead atoms. The van der Waals surface area contributed by atoms with E-state index in [0.717, 1.165) is 11.1 Å². The highest BCUT2D eigenvalue weighted by Crippen LogP contribution is 2.25. The van der Waals surface area contributed by atoms with Crippen molar-refractivity contribution in [3.05, 3.63) is 57.6 Å². The van der Waals surface area contributed by atoms with Crippen LogP contribution in [0.2, 0.25) is 10.0 Å². The summed E-state index contributed by atoms with van der Waals surface area (Å²) < 4.78 is 4.91. The van der Waals surface area contributed by atoms with Crippen LogP contribution in [0.1, 0.15) is 24.0 Å². The molecule has 0 unspecified atom stereocenters. The third-order valence-electron chi connectivity index (χ3n) is 3.78. The van der Waals surface area contributed by atoms with Crippen LogP contribution in [0.3, 0.4) is 0 Å². The maximum absolute atomic E-state index is 11.9. The summed E-state index contributed by atoms with van der Waals surface area (Å²) in [6.07, 6.45) is -0.234. The molecule has 148 valence electrons. The molecule has 0 atom stereocenters. The average Bonchev–Trinajstić information content (AvgIpc) is 2.63. The topological polar surface area (TPSA) is 84.5 Å². The molecule has 2 aromatic rings. The SMILES string of the molecule is Cc1ccc(NC(=O)COC(=O)CCC(=O)Nc2ccc(Cl)c(Cl)c2)c(C)c1. The third kappa shape index (κ3) is 6.87. The van der Waals surface area contributed by atoms with E-state index in [2.05, 4.69) is 10.6 Å². The van der Waals surface area contributed by atoms with Crippen molar-refractivity contribution >= 4 is 52.4 Å². The van der Waals surface area contributed by atoms with E-state index < -0.39 is 18.5 Å². The highest BCUT2D eigenvalue weighted by Gasteiger charge is 2.12. The van der Waals surface area contributed by atoms with Crippen molar-refractivity contribution in [2.24, 2.45) is 0 Å². The van der Waals surface area contributed by atoms with Gasteiger partial charge in [-0.2, -0.15) is 0 Å². The fraction of sp³-hybridized carbons (Fsp3) is 0.250. The predicted molar refractivity (Wildman–Crippen MR) is 110 cm³/mol. The molecule has 0 aliphatic carbocycles. The van der Waals surface area contributed by atoms with Crippen LogP contribution in [0.5, 0.6) is 0 Å². The van der Waals surface area contributed by atoms with Crippen LogP contribution in [0.25, 0.3) is 0 Å². The Kier molecular flexibility index (Phi) is 7.84. The maximum Gasteiger partial charge on any atom is 0.306 e. The van der Waals surface area contributed by atoms with Crippen molar-refractivity contribution in [1.29, 1.82) is 0 Å². The molecule has 0 saturated carbocycles. The van der Waals surface area contributed by atoms with Gasteiger partial charge in [-0.25, -0.2) is 0 Å². The fourth-order valence-corrected chi connectivity index (χ4v) is 2.67. The summed E-state index contributed by atoms with van der Waals surface area (Å²) in [7, 11) is 0. The summed E-state index contributed by atoms with van der Waals surface area (Å²) >= 11 is 11.7. The van der Waals surface area contributed by atoms with Gasteiger partial charge in [0.1, 0.15) is 0 Å². The van der Waals surface area contributed by atoms with Crippen LogP contribution >= 0.6 is 23.2 Å². The van der Waals surface area contributed by atoms with Crippen LogP contribution in [0, 0.1) is 13.8 Å². The number of aryl methyl sites for hydroxylation is 2. The standard InChI is InChI=1S/C20H20Cl2N2O4/c1-12-3-6-17(13(2)9-12)24-19(26)11-28-20(27)8-7-18(25)23-14-4-5-15(21)16(22)10-14/h3-6,9-10H,7-8,11H2,1-2H3,(H,23,25)(H,24,26). The number of carbonyl (C=O) groups excluding carboxylic acids is 3. The summed E-state index contributed by atoms with van der Waals surface area (Å²) in [5.41, 5.74) is 3.13. The van der Waals surface area contributed by atoms with E-state index in [1.54, 1.807) is 18.2 Å². The highest BCUT2D eigenvalue weighted by atomic mass is 35.5. The van der Waals surface area contributed by atoms with Crippen LogP contribution in [-0.4, -0.2) is 24.4 Å². The number of hydrogen-bond acceptors (Lipinski definition) is 4. The first-order valence-corrected chi connectivity index (χ1v) is 9.28. The van der Waals surface area contributed by atoms with E-state index in [1.807, 2.05) is 26.0 Å². The molecule has 2 N–H and O–H groups in total. The molecule has 0 aliphatic rings. The number of hydrogen-bond donors (Lipinski definition) is 2. The summed E-state index contributed by atoms with van der Waals surface area (Å²) in [5.74, 6) is -1.46. The number of anilines is 2. The van der Waals surface area contributed by atoms with Crippen LogP contribution in [-0.2, 0) is 19.1 Å². The molecule has 0 saturated heterocycles. The minimum atomic E-state index is -0.639. The molecule has 0 aliphatic heterocycles. The van der Waals surface area contributed by atoms with Gasteiger partial charge < -0.3 is 15.4 Å².